The lowest BCUT2D eigenvalue weighted by atomic mass is 10.1. The molecule has 1 atom stereocenters. The van der Waals surface area contributed by atoms with Gasteiger partial charge in [0.2, 0.25) is 0 Å². The smallest absolute Gasteiger partial charge is 0.306 e. The van der Waals surface area contributed by atoms with Gasteiger partial charge < -0.3 is 4.74 Å². The van der Waals surface area contributed by atoms with Crippen LogP contribution in [-0.2, 0) is 9.53 Å². The molecular formula is C10H20O2S. The van der Waals surface area contributed by atoms with Gasteiger partial charge in [-0.15, -0.1) is 0 Å². The molecule has 0 saturated heterocycles. The molecule has 0 aromatic carbocycles. The van der Waals surface area contributed by atoms with Crippen molar-refractivity contribution in [2.24, 2.45) is 0 Å². The van der Waals surface area contributed by atoms with Crippen molar-refractivity contribution in [3.8, 4) is 0 Å². The van der Waals surface area contributed by atoms with E-state index in [-0.39, 0.29) is 11.2 Å². The maximum atomic E-state index is 11.0. The fraction of sp³-hybridized carbons (Fsp3) is 0.900. The van der Waals surface area contributed by atoms with Crippen LogP contribution in [0, 0.1) is 0 Å². The van der Waals surface area contributed by atoms with Gasteiger partial charge in [-0.2, -0.15) is 12.6 Å². The van der Waals surface area contributed by atoms with Gasteiger partial charge in [-0.25, -0.2) is 0 Å². The standard InChI is InChI=1S/C10H20O2S/c1-3-5-6-7-9(13)8-10(11)12-4-2/h9,13H,3-8H2,1-2H3. The van der Waals surface area contributed by atoms with Gasteiger partial charge in [0.15, 0.2) is 0 Å². The molecule has 0 heterocycles. The Bertz CT molecular complexity index is 137. The van der Waals surface area contributed by atoms with Crippen LogP contribution in [0.2, 0.25) is 0 Å². The Labute approximate surface area is 86.5 Å². The number of hydrogen-bond acceptors (Lipinski definition) is 3. The Kier molecular flexibility index (Phi) is 8.30. The van der Waals surface area contributed by atoms with Crippen LogP contribution < -0.4 is 0 Å². The first-order chi connectivity index (χ1) is 6.20. The first-order valence-corrected chi connectivity index (χ1v) is 5.56. The molecule has 0 amide bonds. The third-order valence-electron chi connectivity index (χ3n) is 1.85. The van der Waals surface area contributed by atoms with E-state index >= 15 is 0 Å². The molecule has 0 bridgehead atoms. The van der Waals surface area contributed by atoms with Crippen molar-refractivity contribution in [2.45, 2.75) is 51.2 Å². The highest BCUT2D eigenvalue weighted by Gasteiger charge is 2.09. The van der Waals surface area contributed by atoms with Gasteiger partial charge in [0.25, 0.3) is 0 Å². The zero-order valence-corrected chi connectivity index (χ0v) is 9.48. The highest BCUT2D eigenvalue weighted by Crippen LogP contribution is 2.12. The number of hydrogen-bond donors (Lipinski definition) is 1. The van der Waals surface area contributed by atoms with Gasteiger partial charge >= 0.3 is 5.97 Å². The molecule has 13 heavy (non-hydrogen) atoms. The third-order valence-corrected chi connectivity index (χ3v) is 2.29. The average Bonchev–Trinajstić information content (AvgIpc) is 2.05. The van der Waals surface area contributed by atoms with E-state index in [1.165, 1.54) is 12.8 Å². The van der Waals surface area contributed by atoms with Crippen molar-refractivity contribution < 1.29 is 9.53 Å². The quantitative estimate of drug-likeness (QED) is 0.392. The number of carbonyl (C=O) groups excluding carboxylic acids is 1. The lowest BCUT2D eigenvalue weighted by molar-refractivity contribution is -0.143. The molecule has 0 aromatic rings. The average molecular weight is 204 g/mol. The summed E-state index contributed by atoms with van der Waals surface area (Å²) in [5.74, 6) is -0.126. The molecule has 0 N–H and O–H groups in total. The van der Waals surface area contributed by atoms with Crippen LogP contribution in [0.4, 0.5) is 0 Å². The minimum absolute atomic E-state index is 0.126. The van der Waals surface area contributed by atoms with E-state index in [9.17, 15) is 4.79 Å². The van der Waals surface area contributed by atoms with Gasteiger partial charge in [-0.3, -0.25) is 4.79 Å². The lowest BCUT2D eigenvalue weighted by Gasteiger charge is -2.08. The molecule has 0 spiro atoms. The third kappa shape index (κ3) is 8.16. The molecule has 2 nitrogen and oxygen atoms in total. The van der Waals surface area contributed by atoms with Crippen LogP contribution in [0.15, 0.2) is 0 Å². The largest absolute Gasteiger partial charge is 0.466 e. The molecule has 0 aromatic heterocycles. The van der Waals surface area contributed by atoms with Crippen molar-refractivity contribution in [3.05, 3.63) is 0 Å². The summed E-state index contributed by atoms with van der Waals surface area (Å²) in [4.78, 5) is 11.0. The van der Waals surface area contributed by atoms with E-state index in [2.05, 4.69) is 19.6 Å². The van der Waals surface area contributed by atoms with Crippen LogP contribution in [-0.4, -0.2) is 17.8 Å². The Balaban J connectivity index is 3.38. The molecule has 0 aliphatic rings. The number of rotatable bonds is 7. The molecule has 3 heteroatoms. The Morgan fingerprint density at radius 2 is 2.08 bits per heavy atom. The van der Waals surface area contributed by atoms with Crippen LogP contribution in [0.1, 0.15) is 46.0 Å². The number of carbonyl (C=O) groups is 1. The normalized spacial score (nSPS) is 12.5. The second-order valence-electron chi connectivity index (χ2n) is 3.16. The zero-order chi connectivity index (χ0) is 10.1. The Morgan fingerprint density at radius 3 is 2.62 bits per heavy atom. The summed E-state index contributed by atoms with van der Waals surface area (Å²) in [6, 6.07) is 0. The minimum Gasteiger partial charge on any atom is -0.466 e. The maximum Gasteiger partial charge on any atom is 0.306 e. The summed E-state index contributed by atoms with van der Waals surface area (Å²) in [7, 11) is 0. The Hall–Kier alpha value is -0.180. The van der Waals surface area contributed by atoms with Gasteiger partial charge in [0.05, 0.1) is 13.0 Å². The minimum atomic E-state index is -0.126. The van der Waals surface area contributed by atoms with Crippen LogP contribution in [0.3, 0.4) is 0 Å². The monoisotopic (exact) mass is 204 g/mol. The van der Waals surface area contributed by atoms with E-state index in [0.717, 1.165) is 12.8 Å². The summed E-state index contributed by atoms with van der Waals surface area (Å²) in [5, 5.41) is 0.172. The van der Waals surface area contributed by atoms with E-state index < -0.39 is 0 Å². The van der Waals surface area contributed by atoms with Gasteiger partial charge in [-0.1, -0.05) is 26.2 Å². The predicted octanol–water partition coefficient (Wildman–Crippen LogP) is 2.82. The van der Waals surface area contributed by atoms with E-state index in [1.807, 2.05) is 6.92 Å². The van der Waals surface area contributed by atoms with Gasteiger partial charge in [0.1, 0.15) is 0 Å². The molecule has 78 valence electrons. The highest BCUT2D eigenvalue weighted by atomic mass is 32.1. The van der Waals surface area contributed by atoms with E-state index in [4.69, 9.17) is 4.74 Å². The molecule has 0 radical (unpaired) electrons. The number of unbranched alkanes of at least 4 members (excludes halogenated alkanes) is 2. The topological polar surface area (TPSA) is 26.3 Å². The first kappa shape index (κ1) is 12.8. The molecular weight excluding hydrogens is 184 g/mol. The molecule has 0 saturated carbocycles. The lowest BCUT2D eigenvalue weighted by Crippen LogP contribution is -2.11. The van der Waals surface area contributed by atoms with Gasteiger partial charge in [-0.05, 0) is 13.3 Å². The summed E-state index contributed by atoms with van der Waals surface area (Å²) in [6.07, 6.45) is 5.04. The number of ether oxygens (including phenoxy) is 1. The van der Waals surface area contributed by atoms with E-state index in [0.29, 0.717) is 13.0 Å². The second kappa shape index (κ2) is 8.42. The van der Waals surface area contributed by atoms with Crippen molar-refractivity contribution in [1.29, 1.82) is 0 Å². The van der Waals surface area contributed by atoms with Crippen molar-refractivity contribution in [1.82, 2.24) is 0 Å². The highest BCUT2D eigenvalue weighted by molar-refractivity contribution is 7.81. The summed E-state index contributed by atoms with van der Waals surface area (Å²) in [6.45, 7) is 4.45. The Morgan fingerprint density at radius 1 is 1.38 bits per heavy atom. The second-order valence-corrected chi connectivity index (χ2v) is 3.89. The zero-order valence-electron chi connectivity index (χ0n) is 8.58. The summed E-state index contributed by atoms with van der Waals surface area (Å²) in [5.41, 5.74) is 0. The summed E-state index contributed by atoms with van der Waals surface area (Å²) >= 11 is 4.33. The fourth-order valence-corrected chi connectivity index (χ4v) is 1.48. The number of esters is 1. The maximum absolute atomic E-state index is 11.0. The SMILES string of the molecule is CCCCCC(S)CC(=O)OCC. The summed E-state index contributed by atoms with van der Waals surface area (Å²) < 4.78 is 4.83. The first-order valence-electron chi connectivity index (χ1n) is 5.04. The van der Waals surface area contributed by atoms with Crippen molar-refractivity contribution in [2.75, 3.05) is 6.61 Å². The van der Waals surface area contributed by atoms with Crippen LogP contribution in [0.5, 0.6) is 0 Å². The number of thiol groups is 1. The van der Waals surface area contributed by atoms with Gasteiger partial charge in [0, 0.05) is 5.25 Å². The van der Waals surface area contributed by atoms with Crippen molar-refractivity contribution >= 4 is 18.6 Å². The van der Waals surface area contributed by atoms with Crippen LogP contribution >= 0.6 is 12.6 Å². The van der Waals surface area contributed by atoms with E-state index in [1.54, 1.807) is 0 Å². The fourth-order valence-electron chi connectivity index (χ4n) is 1.14. The predicted molar refractivity (Wildman–Crippen MR) is 58.2 cm³/mol. The van der Waals surface area contributed by atoms with Crippen molar-refractivity contribution in [3.63, 3.8) is 0 Å². The molecule has 1 unspecified atom stereocenters. The molecule has 0 fully saturated rings. The molecule has 0 rings (SSSR count). The van der Waals surface area contributed by atoms with Crippen LogP contribution in [0.25, 0.3) is 0 Å². The molecule has 0 aliphatic carbocycles. The molecule has 0 aliphatic heterocycles.